The van der Waals surface area contributed by atoms with Crippen LogP contribution in [0.1, 0.15) is 40.0 Å². The Hall–Kier alpha value is -1.79. The maximum absolute atomic E-state index is 12.7. The summed E-state index contributed by atoms with van der Waals surface area (Å²) in [4.78, 5) is 27.1. The van der Waals surface area contributed by atoms with Gasteiger partial charge in [-0.3, -0.25) is 15.1 Å². The summed E-state index contributed by atoms with van der Waals surface area (Å²) < 4.78 is 0. The van der Waals surface area contributed by atoms with E-state index >= 15 is 0 Å². The number of primary amides is 1. The van der Waals surface area contributed by atoms with Crippen molar-refractivity contribution in [1.29, 1.82) is 5.41 Å². The van der Waals surface area contributed by atoms with Crippen LogP contribution in [0.15, 0.2) is 0 Å². The first-order chi connectivity index (χ1) is 10.2. The summed E-state index contributed by atoms with van der Waals surface area (Å²) >= 11 is 0. The minimum atomic E-state index is -0.691. The van der Waals surface area contributed by atoms with Crippen molar-refractivity contribution in [2.45, 2.75) is 45.6 Å². The van der Waals surface area contributed by atoms with Crippen LogP contribution in [0.5, 0.6) is 0 Å². The predicted octanol–water partition coefficient (Wildman–Crippen LogP) is 0.948. The van der Waals surface area contributed by atoms with Gasteiger partial charge in [-0.2, -0.15) is 0 Å². The summed E-state index contributed by atoms with van der Waals surface area (Å²) in [7, 11) is 0. The zero-order valence-corrected chi connectivity index (χ0v) is 13.7. The lowest BCUT2D eigenvalue weighted by atomic mass is 9.90. The van der Waals surface area contributed by atoms with E-state index in [-0.39, 0.29) is 17.8 Å². The number of rotatable bonds is 4. The third-order valence-electron chi connectivity index (χ3n) is 4.47. The van der Waals surface area contributed by atoms with E-state index in [0.717, 1.165) is 12.8 Å². The fourth-order valence-corrected chi connectivity index (χ4v) is 3.58. The number of guanidine groups is 1. The molecule has 0 aromatic rings. The van der Waals surface area contributed by atoms with Crippen LogP contribution < -0.4 is 11.1 Å². The fraction of sp³-hybridized carbons (Fsp3) is 0.800. The minimum absolute atomic E-state index is 0.0394. The molecule has 0 radical (unpaired) electrons. The zero-order chi connectivity index (χ0) is 16.5. The van der Waals surface area contributed by atoms with E-state index in [4.69, 9.17) is 11.1 Å². The molecule has 4 N–H and O–H groups in total. The summed E-state index contributed by atoms with van der Waals surface area (Å²) in [6.07, 6.45) is 2.53. The van der Waals surface area contributed by atoms with Crippen LogP contribution in [-0.4, -0.2) is 52.9 Å². The van der Waals surface area contributed by atoms with Crippen molar-refractivity contribution >= 4 is 17.9 Å². The number of hydrogen-bond donors (Lipinski definition) is 3. The minimum Gasteiger partial charge on any atom is -0.351 e. The van der Waals surface area contributed by atoms with Gasteiger partial charge in [-0.25, -0.2) is 4.79 Å². The molecule has 0 aliphatic carbocycles. The molecule has 0 bridgehead atoms. The van der Waals surface area contributed by atoms with Crippen molar-refractivity contribution in [3.63, 3.8) is 0 Å². The van der Waals surface area contributed by atoms with Gasteiger partial charge in [0.15, 0.2) is 5.96 Å². The highest BCUT2D eigenvalue weighted by atomic mass is 16.2. The first-order valence-corrected chi connectivity index (χ1v) is 7.96. The molecular weight excluding hydrogens is 282 g/mol. The average Bonchev–Trinajstić information content (AvgIpc) is 2.61. The van der Waals surface area contributed by atoms with Crippen molar-refractivity contribution in [3.8, 4) is 0 Å². The Morgan fingerprint density at radius 1 is 1.55 bits per heavy atom. The van der Waals surface area contributed by atoms with Gasteiger partial charge in [0.25, 0.3) is 5.91 Å². The number of amides is 3. The number of carbonyl (C=O) groups excluding carboxylic acids is 2. The molecule has 0 aromatic carbocycles. The highest BCUT2D eigenvalue weighted by Crippen LogP contribution is 2.27. The molecular formula is C15H27N5O2. The van der Waals surface area contributed by atoms with Gasteiger partial charge < -0.3 is 16.0 Å². The molecule has 2 atom stereocenters. The highest BCUT2D eigenvalue weighted by molar-refractivity contribution is 6.07. The Morgan fingerprint density at radius 2 is 2.23 bits per heavy atom. The van der Waals surface area contributed by atoms with Crippen molar-refractivity contribution < 1.29 is 9.59 Å². The molecule has 2 rings (SSSR count). The van der Waals surface area contributed by atoms with Gasteiger partial charge in [-0.15, -0.1) is 0 Å². The molecule has 3 amide bonds. The van der Waals surface area contributed by atoms with Gasteiger partial charge in [0.2, 0.25) is 0 Å². The lowest BCUT2D eigenvalue weighted by Crippen LogP contribution is -2.48. The number of urea groups is 1. The Bertz CT molecular complexity index is 479. The van der Waals surface area contributed by atoms with Crippen LogP contribution in [-0.2, 0) is 4.79 Å². The van der Waals surface area contributed by atoms with Gasteiger partial charge in [0, 0.05) is 19.6 Å². The van der Waals surface area contributed by atoms with E-state index in [1.807, 2.05) is 6.92 Å². The highest BCUT2D eigenvalue weighted by Gasteiger charge is 2.46. The van der Waals surface area contributed by atoms with Crippen LogP contribution in [0.4, 0.5) is 4.79 Å². The summed E-state index contributed by atoms with van der Waals surface area (Å²) in [6, 6.07) is -0.407. The molecule has 7 heteroatoms. The van der Waals surface area contributed by atoms with Crippen molar-refractivity contribution in [1.82, 2.24) is 15.1 Å². The topological polar surface area (TPSA) is 103 Å². The Balaban J connectivity index is 2.02. The predicted molar refractivity (Wildman–Crippen MR) is 84.3 cm³/mol. The molecule has 2 aliphatic heterocycles. The first kappa shape index (κ1) is 16.6. The lowest BCUT2D eigenvalue weighted by Gasteiger charge is -2.33. The molecule has 0 aromatic heterocycles. The van der Waals surface area contributed by atoms with Gasteiger partial charge in [-0.05, 0) is 38.0 Å². The molecule has 2 aliphatic rings. The zero-order valence-electron chi connectivity index (χ0n) is 13.7. The quantitative estimate of drug-likeness (QED) is 0.720. The van der Waals surface area contributed by atoms with E-state index in [1.165, 1.54) is 4.90 Å². The summed E-state index contributed by atoms with van der Waals surface area (Å²) in [5.74, 6) is 0.676. The smallest absolute Gasteiger partial charge is 0.314 e. The van der Waals surface area contributed by atoms with E-state index in [9.17, 15) is 9.59 Å². The van der Waals surface area contributed by atoms with E-state index < -0.39 is 11.6 Å². The van der Waals surface area contributed by atoms with Crippen LogP contribution >= 0.6 is 0 Å². The summed E-state index contributed by atoms with van der Waals surface area (Å²) in [5, 5.41) is 11.1. The van der Waals surface area contributed by atoms with E-state index in [0.29, 0.717) is 32.0 Å². The van der Waals surface area contributed by atoms with Crippen molar-refractivity contribution in [2.75, 3.05) is 19.6 Å². The normalized spacial score (nSPS) is 29.2. The lowest BCUT2D eigenvalue weighted by molar-refractivity contribution is -0.131. The Kier molecular flexibility index (Phi) is 4.63. The molecule has 0 saturated carbocycles. The number of piperidine rings is 1. The maximum atomic E-state index is 12.7. The molecule has 2 fully saturated rings. The third kappa shape index (κ3) is 3.34. The van der Waals surface area contributed by atoms with Crippen LogP contribution in [0.3, 0.4) is 0 Å². The molecule has 2 unspecified atom stereocenters. The van der Waals surface area contributed by atoms with Gasteiger partial charge in [0.1, 0.15) is 5.54 Å². The molecule has 22 heavy (non-hydrogen) atoms. The second kappa shape index (κ2) is 6.14. The van der Waals surface area contributed by atoms with Crippen LogP contribution in [0, 0.1) is 17.2 Å². The number of likely N-dealkylation sites (tertiary alicyclic amines) is 1. The second-order valence-electron chi connectivity index (χ2n) is 7.11. The largest absolute Gasteiger partial charge is 0.351 e. The Morgan fingerprint density at radius 3 is 2.82 bits per heavy atom. The van der Waals surface area contributed by atoms with E-state index in [2.05, 4.69) is 19.2 Å². The van der Waals surface area contributed by atoms with Crippen LogP contribution in [0.2, 0.25) is 0 Å². The molecule has 2 saturated heterocycles. The van der Waals surface area contributed by atoms with Gasteiger partial charge in [0.05, 0.1) is 0 Å². The third-order valence-corrected chi connectivity index (χ3v) is 4.47. The number of nitrogens with zero attached hydrogens (tertiary/aromatic N) is 2. The average molecular weight is 309 g/mol. The first-order valence-electron chi connectivity index (χ1n) is 7.96. The number of hydrogen-bond acceptors (Lipinski definition) is 3. The van der Waals surface area contributed by atoms with Crippen molar-refractivity contribution in [2.24, 2.45) is 17.6 Å². The van der Waals surface area contributed by atoms with Gasteiger partial charge >= 0.3 is 6.03 Å². The number of nitrogens with two attached hydrogens (primary N) is 1. The monoisotopic (exact) mass is 309 g/mol. The molecule has 0 spiro atoms. The molecule has 7 nitrogen and oxygen atoms in total. The number of nitrogens with one attached hydrogen (secondary N) is 2. The molecule has 2 heterocycles. The fourth-order valence-electron chi connectivity index (χ4n) is 3.58. The summed E-state index contributed by atoms with van der Waals surface area (Å²) in [5.41, 5.74) is 4.65. The standard InChI is InChI=1S/C15H27N5O2/c1-10(2)7-15(3)12(21)20(13(16)18-15)9-11-5-4-6-19(8-11)14(17)22/h10-11H,4-9H2,1-3H3,(H2,16,18)(H2,17,22). The van der Waals surface area contributed by atoms with Crippen LogP contribution in [0.25, 0.3) is 0 Å². The Labute approximate surface area is 131 Å². The van der Waals surface area contributed by atoms with Crippen molar-refractivity contribution in [3.05, 3.63) is 0 Å². The molecule has 124 valence electrons. The maximum Gasteiger partial charge on any atom is 0.314 e. The second-order valence-corrected chi connectivity index (χ2v) is 7.11. The summed E-state index contributed by atoms with van der Waals surface area (Å²) in [6.45, 7) is 7.72. The van der Waals surface area contributed by atoms with Gasteiger partial charge in [-0.1, -0.05) is 13.8 Å². The SMILES string of the molecule is CC(C)CC1(C)NC(=N)N(CC2CCCN(C(N)=O)C2)C1=O. The number of carbonyl (C=O) groups is 2. The van der Waals surface area contributed by atoms with E-state index in [1.54, 1.807) is 4.90 Å².